The third kappa shape index (κ3) is 2.15. The highest BCUT2D eigenvalue weighted by atomic mass is 79.9. The van der Waals surface area contributed by atoms with Crippen LogP contribution < -0.4 is 4.90 Å². The van der Waals surface area contributed by atoms with E-state index in [4.69, 9.17) is 11.6 Å². The Morgan fingerprint density at radius 1 is 1.32 bits per heavy atom. The van der Waals surface area contributed by atoms with Crippen LogP contribution in [0.15, 0.2) is 22.7 Å². The first-order valence-corrected chi connectivity index (χ1v) is 7.31. The van der Waals surface area contributed by atoms with E-state index < -0.39 is 0 Å². The van der Waals surface area contributed by atoms with Crippen molar-refractivity contribution in [3.63, 3.8) is 0 Å². The van der Waals surface area contributed by atoms with E-state index >= 15 is 0 Å². The maximum Gasteiger partial charge on any atom is 0.250 e. The number of carbonyl (C=O) groups excluding carboxylic acids is 2. The number of rotatable bonds is 1. The zero-order valence-corrected chi connectivity index (χ0v) is 12.4. The van der Waals surface area contributed by atoms with Crippen molar-refractivity contribution in [3.8, 4) is 0 Å². The van der Waals surface area contributed by atoms with Crippen LogP contribution in [-0.2, 0) is 9.59 Å². The SMILES string of the molecule is O=C1C2CCCN2C(=O)CN1c1ccc(Cl)c(Br)c1. The van der Waals surface area contributed by atoms with E-state index in [2.05, 4.69) is 15.9 Å². The van der Waals surface area contributed by atoms with Crippen LogP contribution in [0.5, 0.6) is 0 Å². The van der Waals surface area contributed by atoms with Crippen LogP contribution in [0.3, 0.4) is 0 Å². The molecule has 2 aliphatic rings. The van der Waals surface area contributed by atoms with Crippen LogP contribution in [-0.4, -0.2) is 35.8 Å². The summed E-state index contributed by atoms with van der Waals surface area (Å²) in [6.07, 6.45) is 1.66. The monoisotopic (exact) mass is 342 g/mol. The molecule has 3 rings (SSSR count). The Morgan fingerprint density at radius 3 is 2.84 bits per heavy atom. The van der Waals surface area contributed by atoms with Crippen molar-refractivity contribution in [1.82, 2.24) is 4.90 Å². The molecule has 0 saturated carbocycles. The van der Waals surface area contributed by atoms with Gasteiger partial charge in [-0.1, -0.05) is 11.6 Å². The Labute approximate surface area is 124 Å². The van der Waals surface area contributed by atoms with Gasteiger partial charge in [0.2, 0.25) is 11.8 Å². The van der Waals surface area contributed by atoms with Gasteiger partial charge in [-0.15, -0.1) is 0 Å². The fourth-order valence-electron chi connectivity index (χ4n) is 2.68. The summed E-state index contributed by atoms with van der Waals surface area (Å²) in [5.74, 6) is 0.0273. The average Bonchev–Trinajstić information content (AvgIpc) is 2.87. The molecule has 1 aromatic carbocycles. The minimum absolute atomic E-state index is 0.00585. The van der Waals surface area contributed by atoms with Crippen LogP contribution in [0.2, 0.25) is 5.02 Å². The van der Waals surface area contributed by atoms with Crippen molar-refractivity contribution in [3.05, 3.63) is 27.7 Å². The molecule has 1 atom stereocenters. The Balaban J connectivity index is 1.94. The first kappa shape index (κ1) is 12.9. The minimum Gasteiger partial charge on any atom is -0.329 e. The number of benzene rings is 1. The van der Waals surface area contributed by atoms with Crippen LogP contribution in [0.25, 0.3) is 0 Å². The molecule has 1 unspecified atom stereocenters. The summed E-state index contributed by atoms with van der Waals surface area (Å²) in [6.45, 7) is 0.816. The summed E-state index contributed by atoms with van der Waals surface area (Å²) >= 11 is 9.29. The third-order valence-electron chi connectivity index (χ3n) is 3.63. The normalized spacial score (nSPS) is 22.9. The summed E-state index contributed by atoms with van der Waals surface area (Å²) in [4.78, 5) is 27.7. The van der Waals surface area contributed by atoms with Crippen molar-refractivity contribution in [2.45, 2.75) is 18.9 Å². The van der Waals surface area contributed by atoms with E-state index in [1.165, 1.54) is 0 Å². The first-order chi connectivity index (χ1) is 9.08. The van der Waals surface area contributed by atoms with Crippen molar-refractivity contribution >= 4 is 45.0 Å². The number of anilines is 1. The quantitative estimate of drug-likeness (QED) is 0.786. The lowest BCUT2D eigenvalue weighted by atomic mass is 10.1. The number of hydrogen-bond acceptors (Lipinski definition) is 2. The highest BCUT2D eigenvalue weighted by molar-refractivity contribution is 9.10. The van der Waals surface area contributed by atoms with Crippen molar-refractivity contribution in [2.75, 3.05) is 18.0 Å². The molecular formula is C13H12BrClN2O2. The topological polar surface area (TPSA) is 40.6 Å². The Morgan fingerprint density at radius 2 is 2.11 bits per heavy atom. The maximum atomic E-state index is 12.4. The molecule has 100 valence electrons. The number of piperazine rings is 1. The summed E-state index contributed by atoms with van der Waals surface area (Å²) in [5.41, 5.74) is 0.709. The molecule has 1 aromatic rings. The van der Waals surface area contributed by atoms with E-state index in [-0.39, 0.29) is 24.4 Å². The second-order valence-corrected chi connectivity index (χ2v) is 6.03. The molecule has 2 heterocycles. The van der Waals surface area contributed by atoms with E-state index in [0.717, 1.165) is 17.3 Å². The second kappa shape index (κ2) is 4.80. The van der Waals surface area contributed by atoms with Gasteiger partial charge >= 0.3 is 0 Å². The van der Waals surface area contributed by atoms with Crippen LogP contribution in [0.4, 0.5) is 5.69 Å². The average molecular weight is 344 g/mol. The highest BCUT2D eigenvalue weighted by Crippen LogP contribution is 2.31. The molecule has 2 fully saturated rings. The second-order valence-electron chi connectivity index (χ2n) is 4.77. The highest BCUT2D eigenvalue weighted by Gasteiger charge is 2.42. The zero-order chi connectivity index (χ0) is 13.6. The van der Waals surface area contributed by atoms with Crippen LogP contribution in [0.1, 0.15) is 12.8 Å². The van der Waals surface area contributed by atoms with Gasteiger partial charge in [0.15, 0.2) is 0 Å². The standard InChI is InChI=1S/C13H12BrClN2O2/c14-9-6-8(3-4-10(9)15)17-7-12(18)16-5-1-2-11(16)13(17)19/h3-4,6,11H,1-2,5,7H2. The van der Waals surface area contributed by atoms with Gasteiger partial charge in [0.05, 0.1) is 5.02 Å². The number of fused-ring (bicyclic) bond motifs is 1. The lowest BCUT2D eigenvalue weighted by Gasteiger charge is -2.36. The molecule has 0 bridgehead atoms. The predicted molar refractivity (Wildman–Crippen MR) is 76.2 cm³/mol. The maximum absolute atomic E-state index is 12.4. The summed E-state index contributed by atoms with van der Waals surface area (Å²) < 4.78 is 0.723. The Bertz CT molecular complexity index is 564. The molecule has 2 aliphatic heterocycles. The van der Waals surface area contributed by atoms with Gasteiger partial charge in [-0.3, -0.25) is 9.59 Å². The lowest BCUT2D eigenvalue weighted by molar-refractivity contribution is -0.140. The zero-order valence-electron chi connectivity index (χ0n) is 10.1. The van der Waals surface area contributed by atoms with Crippen molar-refractivity contribution < 1.29 is 9.59 Å². The molecule has 19 heavy (non-hydrogen) atoms. The molecule has 2 saturated heterocycles. The van der Waals surface area contributed by atoms with Gasteiger partial charge in [0, 0.05) is 16.7 Å². The largest absolute Gasteiger partial charge is 0.329 e. The van der Waals surface area contributed by atoms with E-state index in [9.17, 15) is 9.59 Å². The number of nitrogens with zero attached hydrogens (tertiary/aromatic N) is 2. The smallest absolute Gasteiger partial charge is 0.250 e. The molecule has 0 radical (unpaired) electrons. The Kier molecular flexibility index (Phi) is 3.27. The van der Waals surface area contributed by atoms with Crippen molar-refractivity contribution in [2.24, 2.45) is 0 Å². The van der Waals surface area contributed by atoms with Gasteiger partial charge < -0.3 is 9.80 Å². The predicted octanol–water partition coefficient (Wildman–Crippen LogP) is 2.44. The van der Waals surface area contributed by atoms with Gasteiger partial charge in [0.25, 0.3) is 0 Å². The summed E-state index contributed by atoms with van der Waals surface area (Å²) in [5, 5.41) is 0.585. The van der Waals surface area contributed by atoms with Gasteiger partial charge in [0.1, 0.15) is 12.6 Å². The summed E-state index contributed by atoms with van der Waals surface area (Å²) in [7, 11) is 0. The van der Waals surface area contributed by atoms with Crippen LogP contribution in [0, 0.1) is 0 Å². The number of amides is 2. The molecule has 4 nitrogen and oxygen atoms in total. The molecule has 0 spiro atoms. The number of hydrogen-bond donors (Lipinski definition) is 0. The number of halogens is 2. The van der Waals surface area contributed by atoms with Crippen molar-refractivity contribution in [1.29, 1.82) is 0 Å². The van der Waals surface area contributed by atoms with Gasteiger partial charge in [-0.25, -0.2) is 0 Å². The molecule has 6 heteroatoms. The minimum atomic E-state index is -0.282. The molecule has 0 aromatic heterocycles. The lowest BCUT2D eigenvalue weighted by Crippen LogP contribution is -2.57. The fraction of sp³-hybridized carbons (Fsp3) is 0.385. The molecule has 0 N–H and O–H groups in total. The van der Waals surface area contributed by atoms with E-state index in [0.29, 0.717) is 17.3 Å². The van der Waals surface area contributed by atoms with E-state index in [1.54, 1.807) is 28.0 Å². The van der Waals surface area contributed by atoms with Gasteiger partial charge in [-0.05, 0) is 47.0 Å². The molecule has 2 amide bonds. The first-order valence-electron chi connectivity index (χ1n) is 6.14. The van der Waals surface area contributed by atoms with Crippen LogP contribution >= 0.6 is 27.5 Å². The third-order valence-corrected chi connectivity index (χ3v) is 4.85. The van der Waals surface area contributed by atoms with Gasteiger partial charge in [-0.2, -0.15) is 0 Å². The molecular weight excluding hydrogens is 332 g/mol. The molecule has 0 aliphatic carbocycles. The Hall–Kier alpha value is -1.07. The number of carbonyl (C=O) groups is 2. The van der Waals surface area contributed by atoms with E-state index in [1.807, 2.05) is 0 Å². The summed E-state index contributed by atoms with van der Waals surface area (Å²) in [6, 6.07) is 4.98. The fourth-order valence-corrected chi connectivity index (χ4v) is 3.16.